The fourth-order valence-corrected chi connectivity index (χ4v) is 6.59. The quantitative estimate of drug-likeness (QED) is 0.298. The first-order valence-electron chi connectivity index (χ1n) is 12.5. The number of nitrogens with zero attached hydrogens (tertiary/aromatic N) is 1. The van der Waals surface area contributed by atoms with Crippen molar-refractivity contribution in [3.63, 3.8) is 0 Å². The van der Waals surface area contributed by atoms with Gasteiger partial charge >= 0.3 is 11.9 Å². The third kappa shape index (κ3) is 3.92. The number of benzene rings is 1. The van der Waals surface area contributed by atoms with Crippen molar-refractivity contribution in [3.05, 3.63) is 41.0 Å². The van der Waals surface area contributed by atoms with E-state index < -0.39 is 17.5 Å². The van der Waals surface area contributed by atoms with Crippen molar-refractivity contribution in [2.45, 2.75) is 76.7 Å². The molecule has 2 aliphatic heterocycles. The fourth-order valence-electron chi connectivity index (χ4n) is 6.59. The van der Waals surface area contributed by atoms with Crippen LogP contribution in [0.1, 0.15) is 57.7 Å². The summed E-state index contributed by atoms with van der Waals surface area (Å²) < 4.78 is 17.7. The zero-order valence-corrected chi connectivity index (χ0v) is 21.7. The van der Waals surface area contributed by atoms with E-state index in [0.29, 0.717) is 11.5 Å². The summed E-state index contributed by atoms with van der Waals surface area (Å²) in [5.74, 6) is 0.0949. The highest BCUT2D eigenvalue weighted by Gasteiger charge is 2.64. The highest BCUT2D eigenvalue weighted by Crippen LogP contribution is 2.63. The molecule has 0 saturated carbocycles. The molecular formula is C28H34N2O6. The number of hydrogen-bond donors (Lipinski definition) is 1. The van der Waals surface area contributed by atoms with Crippen molar-refractivity contribution in [2.75, 3.05) is 13.6 Å². The lowest BCUT2D eigenvalue weighted by atomic mass is 9.52. The van der Waals surface area contributed by atoms with Gasteiger partial charge < -0.3 is 24.4 Å². The summed E-state index contributed by atoms with van der Waals surface area (Å²) in [6, 6.07) is 1.72. The van der Waals surface area contributed by atoms with Crippen molar-refractivity contribution >= 4 is 23.9 Å². The Labute approximate surface area is 211 Å². The van der Waals surface area contributed by atoms with E-state index >= 15 is 0 Å². The predicted octanol–water partition coefficient (Wildman–Crippen LogP) is 2.92. The minimum atomic E-state index is -0.601. The number of amides is 1. The van der Waals surface area contributed by atoms with Crippen LogP contribution >= 0.6 is 0 Å². The van der Waals surface area contributed by atoms with Crippen LogP contribution in [0.25, 0.3) is 6.08 Å². The van der Waals surface area contributed by atoms with Crippen molar-refractivity contribution in [1.29, 1.82) is 0 Å². The second-order valence-corrected chi connectivity index (χ2v) is 11.3. The molecule has 1 amide bonds. The minimum Gasteiger partial charge on any atom is -0.483 e. The fraction of sp³-hybridized carbons (Fsp3) is 0.536. The number of likely N-dealkylation sites (N-methyl/N-ethyl adjacent to an activating group) is 1. The number of piperidine rings is 1. The molecule has 4 aliphatic rings. The monoisotopic (exact) mass is 494 g/mol. The van der Waals surface area contributed by atoms with Gasteiger partial charge in [-0.15, -0.1) is 0 Å². The second-order valence-electron chi connectivity index (χ2n) is 11.3. The summed E-state index contributed by atoms with van der Waals surface area (Å²) >= 11 is 0. The van der Waals surface area contributed by atoms with Crippen LogP contribution in [0.2, 0.25) is 0 Å². The molecule has 1 fully saturated rings. The van der Waals surface area contributed by atoms with E-state index in [1.165, 1.54) is 19.9 Å². The number of carbonyl (C=O) groups excluding carboxylic acids is 3. The topological polar surface area (TPSA) is 94.2 Å². The number of likely N-dealkylation sites (tertiary alicyclic amines) is 1. The molecule has 0 radical (unpaired) electrons. The molecule has 36 heavy (non-hydrogen) atoms. The van der Waals surface area contributed by atoms with Crippen molar-refractivity contribution in [1.82, 2.24) is 10.2 Å². The molecule has 8 nitrogen and oxygen atoms in total. The maximum atomic E-state index is 12.5. The molecule has 2 unspecified atom stereocenters. The van der Waals surface area contributed by atoms with Crippen LogP contribution in [0.15, 0.2) is 24.3 Å². The number of nitrogens with one attached hydrogen (secondary N) is 1. The van der Waals surface area contributed by atoms with Crippen LogP contribution in [0.4, 0.5) is 0 Å². The van der Waals surface area contributed by atoms with E-state index in [1.807, 2.05) is 26.8 Å². The smallest absolute Gasteiger partial charge is 0.331 e. The van der Waals surface area contributed by atoms with Gasteiger partial charge in [-0.25, -0.2) is 4.79 Å². The lowest BCUT2D eigenvalue weighted by Gasteiger charge is -2.57. The van der Waals surface area contributed by atoms with Crippen LogP contribution in [0, 0.1) is 5.92 Å². The van der Waals surface area contributed by atoms with E-state index in [4.69, 9.17) is 14.2 Å². The summed E-state index contributed by atoms with van der Waals surface area (Å²) in [7, 11) is 2.14. The number of carbonyl (C=O) groups is 3. The summed E-state index contributed by atoms with van der Waals surface area (Å²) in [6.07, 6.45) is 8.75. The normalized spacial score (nSPS) is 29.9. The Kier molecular flexibility index (Phi) is 5.78. The molecule has 0 aromatic heterocycles. The Morgan fingerprint density at radius 3 is 2.64 bits per heavy atom. The van der Waals surface area contributed by atoms with Gasteiger partial charge in [0.1, 0.15) is 11.7 Å². The average Bonchev–Trinajstić information content (AvgIpc) is 3.10. The van der Waals surface area contributed by atoms with Crippen LogP contribution in [0.5, 0.6) is 11.5 Å². The molecule has 192 valence electrons. The Bertz CT molecular complexity index is 1200. The first-order valence-corrected chi connectivity index (χ1v) is 12.5. The van der Waals surface area contributed by atoms with Gasteiger partial charge in [0.15, 0.2) is 11.5 Å². The third-order valence-electron chi connectivity index (χ3n) is 7.75. The molecule has 1 aromatic rings. The predicted molar refractivity (Wildman–Crippen MR) is 134 cm³/mol. The van der Waals surface area contributed by atoms with Crippen LogP contribution in [-0.4, -0.2) is 60.1 Å². The van der Waals surface area contributed by atoms with Gasteiger partial charge in [-0.05, 0) is 70.5 Å². The van der Waals surface area contributed by atoms with Gasteiger partial charge in [-0.3, -0.25) is 9.59 Å². The molecule has 1 saturated heterocycles. The molecule has 1 N–H and O–H groups in total. The minimum absolute atomic E-state index is 0.124. The Morgan fingerprint density at radius 2 is 1.97 bits per heavy atom. The maximum Gasteiger partial charge on any atom is 0.331 e. The van der Waals surface area contributed by atoms with Crippen molar-refractivity contribution in [2.24, 2.45) is 5.92 Å². The first-order chi connectivity index (χ1) is 16.9. The van der Waals surface area contributed by atoms with Crippen molar-refractivity contribution in [3.8, 4) is 11.5 Å². The van der Waals surface area contributed by atoms with Gasteiger partial charge in [-0.2, -0.15) is 0 Å². The molecule has 2 aliphatic carbocycles. The highest BCUT2D eigenvalue weighted by molar-refractivity contribution is 5.88. The molecule has 1 spiro atoms. The summed E-state index contributed by atoms with van der Waals surface area (Å²) in [4.78, 5) is 39.0. The number of esters is 2. The standard InChI is InChI=1S/C28H34N2O6/c1-15(31)29-20-9-8-19-21-14-18-17(7-10-23(33)36-27(3,4)5)13-22(34-16(2)32)25-24(18)28(19,26(20)35-25)11-12-30(21)6/h7-10,13,19-21,26H,11-12,14H2,1-6H3,(H,29,31)/b10-7+/t19?,20-,21+,26-,28?/m0/s1. The second kappa shape index (κ2) is 8.47. The largest absolute Gasteiger partial charge is 0.483 e. The molecule has 5 atom stereocenters. The zero-order chi connectivity index (χ0) is 26.0. The van der Waals surface area contributed by atoms with Gasteiger partial charge in [-0.1, -0.05) is 12.2 Å². The molecule has 1 aromatic carbocycles. The molecular weight excluding hydrogens is 460 g/mol. The van der Waals surface area contributed by atoms with Crippen LogP contribution in [-0.2, 0) is 31.0 Å². The Balaban J connectivity index is 1.68. The van der Waals surface area contributed by atoms with Gasteiger partial charge in [0.05, 0.1) is 6.04 Å². The van der Waals surface area contributed by atoms with E-state index in [0.717, 1.165) is 36.1 Å². The summed E-state index contributed by atoms with van der Waals surface area (Å²) in [6.45, 7) is 9.24. The van der Waals surface area contributed by atoms with E-state index in [1.54, 1.807) is 12.1 Å². The lowest BCUT2D eigenvalue weighted by Crippen LogP contribution is -2.66. The van der Waals surface area contributed by atoms with Gasteiger partial charge in [0.2, 0.25) is 5.91 Å². The van der Waals surface area contributed by atoms with Gasteiger partial charge in [0.25, 0.3) is 0 Å². The molecule has 5 rings (SSSR count). The highest BCUT2D eigenvalue weighted by atomic mass is 16.6. The lowest BCUT2D eigenvalue weighted by molar-refractivity contribution is -0.148. The Morgan fingerprint density at radius 1 is 1.22 bits per heavy atom. The Hall–Kier alpha value is -3.13. The summed E-state index contributed by atoms with van der Waals surface area (Å²) in [5.41, 5.74) is 1.98. The third-order valence-corrected chi connectivity index (χ3v) is 7.75. The molecule has 2 heterocycles. The van der Waals surface area contributed by atoms with Gasteiger partial charge in [0, 0.05) is 42.9 Å². The van der Waals surface area contributed by atoms with Crippen LogP contribution in [0.3, 0.4) is 0 Å². The summed E-state index contributed by atoms with van der Waals surface area (Å²) in [5, 5.41) is 3.05. The number of ether oxygens (including phenoxy) is 3. The zero-order valence-electron chi connectivity index (χ0n) is 21.7. The van der Waals surface area contributed by atoms with E-state index in [-0.39, 0.29) is 35.4 Å². The average molecular weight is 495 g/mol. The SMILES string of the molecule is CC(=O)N[C@H]1C=CC2[C@H]3Cc4c(/C=C/C(=O)OC(C)(C)C)cc(OC(C)=O)c5c4C2(CCN3C)[C@H]1O5. The number of rotatable bonds is 4. The number of hydrogen-bond acceptors (Lipinski definition) is 7. The van der Waals surface area contributed by atoms with Crippen molar-refractivity contribution < 1.29 is 28.6 Å². The van der Waals surface area contributed by atoms with E-state index in [2.05, 4.69) is 23.3 Å². The molecule has 2 bridgehead atoms. The maximum absolute atomic E-state index is 12.5. The molecule has 8 heteroatoms. The first kappa shape index (κ1) is 24.6. The van der Waals surface area contributed by atoms with Crippen LogP contribution < -0.4 is 14.8 Å². The van der Waals surface area contributed by atoms with E-state index in [9.17, 15) is 14.4 Å².